The fourth-order valence-corrected chi connectivity index (χ4v) is 0.523. The fourth-order valence-electron chi connectivity index (χ4n) is 0.523. The van der Waals surface area contributed by atoms with Crippen LogP contribution in [0.1, 0.15) is 6.42 Å². The van der Waals surface area contributed by atoms with Gasteiger partial charge in [-0.25, -0.2) is 6.08 Å². The molecule has 1 aliphatic rings. The van der Waals surface area contributed by atoms with Gasteiger partial charge in [0.05, 0.1) is 0 Å². The third-order valence-electron chi connectivity index (χ3n) is 0.902. The first kappa shape index (κ1) is 11.5. The molecule has 0 bridgehead atoms. The molecule has 0 spiro atoms. The topological polar surface area (TPSA) is 17.1 Å². The quantitative estimate of drug-likeness (QED) is 0.533. The zero-order valence-electron chi connectivity index (χ0n) is 5.23. The average Bonchev–Trinajstić information content (AvgIpc) is 2.14. The summed E-state index contributed by atoms with van der Waals surface area (Å²) in [6, 6.07) is 0. The molecular weight excluding hydrogens is 159 g/mol. The number of carbonyl (C=O) groups excluding carboxylic acids is 1. The molecule has 0 fully saturated rings. The van der Waals surface area contributed by atoms with Crippen LogP contribution in [0.25, 0.3) is 0 Å². The molecule has 0 saturated heterocycles. The summed E-state index contributed by atoms with van der Waals surface area (Å²) in [6.45, 7) is 0. The van der Waals surface area contributed by atoms with Gasteiger partial charge >= 0.3 is 16.8 Å². The molecule has 0 unspecified atom stereocenters. The molecule has 0 aromatic rings. The summed E-state index contributed by atoms with van der Waals surface area (Å²) in [5.74, 6) is 0. The maximum atomic E-state index is 9.77. The molecule has 1 nitrogen and oxygen atoms in total. The van der Waals surface area contributed by atoms with E-state index in [-0.39, 0.29) is 24.2 Å². The van der Waals surface area contributed by atoms with Gasteiger partial charge in [-0.1, -0.05) is 0 Å². The minimum atomic E-state index is 0. The van der Waals surface area contributed by atoms with Gasteiger partial charge in [-0.3, -0.25) is 0 Å². The van der Waals surface area contributed by atoms with Crippen LogP contribution < -0.4 is 0 Å². The predicted octanol–water partition coefficient (Wildman–Crippen LogP) is 0.895. The first-order valence-electron chi connectivity index (χ1n) is 2.17. The van der Waals surface area contributed by atoms with Crippen LogP contribution in [0.4, 0.5) is 0 Å². The van der Waals surface area contributed by atoms with Crippen LogP contribution in [0, 0.1) is 7.43 Å². The second kappa shape index (κ2) is 5.79. The van der Waals surface area contributed by atoms with E-state index in [9.17, 15) is 4.79 Å². The van der Waals surface area contributed by atoms with E-state index in [2.05, 4.69) is 0 Å². The molecule has 0 aromatic carbocycles. The van der Waals surface area contributed by atoms with E-state index in [1.54, 1.807) is 6.08 Å². The Kier molecular flexibility index (Phi) is 7.36. The Morgan fingerprint density at radius 1 is 1.56 bits per heavy atom. The van der Waals surface area contributed by atoms with E-state index >= 15 is 0 Å². The monoisotopic (exact) mass is 169 g/mol. The van der Waals surface area contributed by atoms with Gasteiger partial charge in [-0.15, -0.1) is 12.2 Å². The van der Waals surface area contributed by atoms with Crippen molar-refractivity contribution < 1.29 is 21.6 Å². The van der Waals surface area contributed by atoms with Crippen molar-refractivity contribution >= 4 is 6.29 Å². The Hall–Kier alpha value is -0.344. The first-order valence-corrected chi connectivity index (χ1v) is 2.17. The standard InChI is InChI=1S/C6H5O.CH3.Co.2H/c7-5-6-3-1-2-4-6;;;;/h1-3H,4H2;1H3;;;/q2*-1;;;. The molecule has 0 saturated carbocycles. The van der Waals surface area contributed by atoms with E-state index < -0.39 is 0 Å². The van der Waals surface area contributed by atoms with Crippen LogP contribution in [0.2, 0.25) is 0 Å². The number of allylic oxidation sites excluding steroid dienone is 4. The zero-order chi connectivity index (χ0) is 5.11. The van der Waals surface area contributed by atoms with Gasteiger partial charge in [0.15, 0.2) is 0 Å². The summed E-state index contributed by atoms with van der Waals surface area (Å²) in [6.07, 6.45) is 8.14. The van der Waals surface area contributed by atoms with Crippen molar-refractivity contribution in [1.82, 2.24) is 0 Å². The van der Waals surface area contributed by atoms with Crippen molar-refractivity contribution in [3.05, 3.63) is 31.2 Å². The molecule has 2 heteroatoms. The molecule has 1 rings (SSSR count). The van der Waals surface area contributed by atoms with Crippen molar-refractivity contribution in [3.63, 3.8) is 0 Å². The second-order valence-electron chi connectivity index (χ2n) is 1.43. The summed E-state index contributed by atoms with van der Waals surface area (Å²) in [7, 11) is 0. The Bertz CT molecular complexity index is 136. The SMILES string of the molecule is O=[C-]C1=CC=CC1.[CH3-].[CoH2]. The molecule has 1 aliphatic carbocycles. The maximum absolute atomic E-state index is 9.77. The van der Waals surface area contributed by atoms with Crippen LogP contribution in [0.3, 0.4) is 0 Å². The van der Waals surface area contributed by atoms with Crippen molar-refractivity contribution in [1.29, 1.82) is 0 Å². The molecule has 1 radical (unpaired) electrons. The van der Waals surface area contributed by atoms with E-state index in [1.807, 2.05) is 18.4 Å². The Balaban J connectivity index is 0. The summed E-state index contributed by atoms with van der Waals surface area (Å²) < 4.78 is 0. The van der Waals surface area contributed by atoms with Crippen LogP contribution in [-0.2, 0) is 21.6 Å². The van der Waals surface area contributed by atoms with Gasteiger partial charge < -0.3 is 12.2 Å². The molecule has 0 heterocycles. The van der Waals surface area contributed by atoms with Gasteiger partial charge in [0.25, 0.3) is 0 Å². The van der Waals surface area contributed by atoms with E-state index in [0.29, 0.717) is 0 Å². The molecule has 0 amide bonds. The summed E-state index contributed by atoms with van der Waals surface area (Å²) in [4.78, 5) is 9.77. The normalized spacial score (nSPS) is 13.1. The van der Waals surface area contributed by atoms with Crippen LogP contribution in [-0.4, -0.2) is 6.29 Å². The Morgan fingerprint density at radius 2 is 2.22 bits per heavy atom. The average molecular weight is 169 g/mol. The van der Waals surface area contributed by atoms with Crippen LogP contribution in [0.15, 0.2) is 23.8 Å². The summed E-state index contributed by atoms with van der Waals surface area (Å²) >= 11 is 0. The van der Waals surface area contributed by atoms with Crippen LogP contribution in [0.5, 0.6) is 0 Å². The Morgan fingerprint density at radius 3 is 2.44 bits per heavy atom. The first-order chi connectivity index (χ1) is 3.43. The van der Waals surface area contributed by atoms with Gasteiger partial charge in [0.1, 0.15) is 0 Å². The van der Waals surface area contributed by atoms with Gasteiger partial charge in [0, 0.05) is 0 Å². The van der Waals surface area contributed by atoms with Crippen molar-refractivity contribution in [3.8, 4) is 0 Å². The second-order valence-corrected chi connectivity index (χ2v) is 1.43. The van der Waals surface area contributed by atoms with Gasteiger partial charge in [0.2, 0.25) is 0 Å². The third-order valence-corrected chi connectivity index (χ3v) is 0.902. The van der Waals surface area contributed by atoms with Crippen LogP contribution >= 0.6 is 0 Å². The van der Waals surface area contributed by atoms with E-state index in [0.717, 1.165) is 12.0 Å². The predicted molar refractivity (Wildman–Crippen MR) is 36.7 cm³/mol. The summed E-state index contributed by atoms with van der Waals surface area (Å²) in [5.41, 5.74) is 0.750. The fraction of sp³-hybridized carbons (Fsp3) is 0.143. The minimum absolute atomic E-state index is 0. The van der Waals surface area contributed by atoms with Crippen molar-refractivity contribution in [2.75, 3.05) is 0 Å². The molecule has 0 atom stereocenters. The van der Waals surface area contributed by atoms with Gasteiger partial charge in [-0.05, 0) is 12.7 Å². The molecule has 0 aliphatic heterocycles. The van der Waals surface area contributed by atoms with E-state index in [1.165, 1.54) is 0 Å². The zero-order valence-corrected chi connectivity index (χ0v) is 6.41. The van der Waals surface area contributed by atoms with Crippen molar-refractivity contribution in [2.24, 2.45) is 0 Å². The number of hydrogen-bond donors (Lipinski definition) is 0. The number of hydrogen-bond acceptors (Lipinski definition) is 1. The molecule has 9 heavy (non-hydrogen) atoms. The van der Waals surface area contributed by atoms with E-state index in [4.69, 9.17) is 0 Å². The molecule has 0 aromatic heterocycles. The summed E-state index contributed by atoms with van der Waals surface area (Å²) in [5, 5.41) is 0. The van der Waals surface area contributed by atoms with Gasteiger partial charge in [-0.2, -0.15) is 5.57 Å². The third kappa shape index (κ3) is 3.27. The Labute approximate surface area is 66.0 Å². The van der Waals surface area contributed by atoms with Crippen molar-refractivity contribution in [2.45, 2.75) is 6.42 Å². The molecular formula is C7H10CoO-2. The molecule has 0 N–H and O–H groups in total. The molecule has 55 valence electrons. The number of rotatable bonds is 1.